The fourth-order valence-corrected chi connectivity index (χ4v) is 3.85. The minimum atomic E-state index is -0.182. The lowest BCUT2D eigenvalue weighted by atomic mass is 9.82. The molecule has 154 valence electrons. The van der Waals surface area contributed by atoms with Crippen molar-refractivity contribution in [3.8, 4) is 5.75 Å². The predicted molar refractivity (Wildman–Crippen MR) is 117 cm³/mol. The van der Waals surface area contributed by atoms with Gasteiger partial charge in [-0.25, -0.2) is 4.99 Å². The molecule has 0 spiro atoms. The van der Waals surface area contributed by atoms with Crippen molar-refractivity contribution >= 4 is 17.6 Å². The number of rotatable bonds is 5. The molecule has 2 unspecified atom stereocenters. The molecule has 1 heterocycles. The number of piperidine rings is 1. The van der Waals surface area contributed by atoms with Gasteiger partial charge in [-0.1, -0.05) is 37.3 Å². The molecule has 0 radical (unpaired) electrons. The standard InChI is InChI=1S/C23H30N4O2/c1-3-24-23(25-15-22(29)26-19-9-11-20(28)12-10-19)27-14-13-21(17(2)16-27)18-7-5-4-6-8-18/h4-12,17,21,28H,3,13-16H2,1-2H3,(H,24,25)(H,26,29). The van der Waals surface area contributed by atoms with Gasteiger partial charge in [0.2, 0.25) is 5.91 Å². The van der Waals surface area contributed by atoms with Gasteiger partial charge in [0.25, 0.3) is 0 Å². The molecule has 29 heavy (non-hydrogen) atoms. The lowest BCUT2D eigenvalue weighted by Gasteiger charge is -2.39. The van der Waals surface area contributed by atoms with Crippen LogP contribution >= 0.6 is 0 Å². The SMILES string of the molecule is CCNC(=NCC(=O)Nc1ccc(O)cc1)N1CCC(c2ccccc2)C(C)C1. The number of hydrogen-bond donors (Lipinski definition) is 3. The molecular formula is C23H30N4O2. The summed E-state index contributed by atoms with van der Waals surface area (Å²) < 4.78 is 0. The number of anilines is 1. The van der Waals surface area contributed by atoms with Gasteiger partial charge in [0.1, 0.15) is 12.3 Å². The molecule has 3 N–H and O–H groups in total. The molecule has 1 saturated heterocycles. The van der Waals surface area contributed by atoms with Crippen LogP contribution in [0.15, 0.2) is 59.6 Å². The van der Waals surface area contributed by atoms with Crippen molar-refractivity contribution in [3.05, 3.63) is 60.2 Å². The zero-order chi connectivity index (χ0) is 20.6. The highest BCUT2D eigenvalue weighted by Gasteiger charge is 2.28. The van der Waals surface area contributed by atoms with Crippen molar-refractivity contribution < 1.29 is 9.90 Å². The van der Waals surface area contributed by atoms with Crippen molar-refractivity contribution in [2.24, 2.45) is 10.9 Å². The molecule has 6 nitrogen and oxygen atoms in total. The van der Waals surface area contributed by atoms with Gasteiger partial charge in [-0.2, -0.15) is 0 Å². The van der Waals surface area contributed by atoms with Crippen molar-refractivity contribution in [3.63, 3.8) is 0 Å². The monoisotopic (exact) mass is 394 g/mol. The average molecular weight is 395 g/mol. The number of carbonyl (C=O) groups is 1. The predicted octanol–water partition coefficient (Wildman–Crippen LogP) is 3.42. The lowest BCUT2D eigenvalue weighted by molar-refractivity contribution is -0.114. The number of amides is 1. The molecule has 2 atom stereocenters. The highest BCUT2D eigenvalue weighted by molar-refractivity contribution is 5.94. The lowest BCUT2D eigenvalue weighted by Crippen LogP contribution is -2.48. The first-order chi connectivity index (χ1) is 14.1. The van der Waals surface area contributed by atoms with Crippen LogP contribution in [0.5, 0.6) is 5.75 Å². The molecule has 1 fully saturated rings. The normalized spacial score (nSPS) is 19.7. The van der Waals surface area contributed by atoms with Crippen molar-refractivity contribution in [1.82, 2.24) is 10.2 Å². The Labute approximate surface area is 172 Å². The summed E-state index contributed by atoms with van der Waals surface area (Å²) in [4.78, 5) is 19.1. The Bertz CT molecular complexity index is 821. The van der Waals surface area contributed by atoms with Crippen molar-refractivity contribution in [2.45, 2.75) is 26.2 Å². The van der Waals surface area contributed by atoms with Gasteiger partial charge < -0.3 is 20.6 Å². The first kappa shape index (κ1) is 20.7. The molecule has 3 rings (SSSR count). The van der Waals surface area contributed by atoms with E-state index in [9.17, 15) is 9.90 Å². The molecule has 2 aromatic carbocycles. The molecular weight excluding hydrogens is 364 g/mol. The van der Waals surface area contributed by atoms with E-state index in [2.05, 4.69) is 57.8 Å². The summed E-state index contributed by atoms with van der Waals surface area (Å²) in [7, 11) is 0. The van der Waals surface area contributed by atoms with Crippen LogP contribution in [0, 0.1) is 5.92 Å². The van der Waals surface area contributed by atoms with Gasteiger partial charge in [-0.15, -0.1) is 0 Å². The third-order valence-electron chi connectivity index (χ3n) is 5.29. The molecule has 0 bridgehead atoms. The second kappa shape index (κ2) is 9.96. The smallest absolute Gasteiger partial charge is 0.246 e. The van der Waals surface area contributed by atoms with Crippen LogP contribution in [-0.4, -0.2) is 48.1 Å². The Morgan fingerprint density at radius 2 is 1.90 bits per heavy atom. The molecule has 0 aliphatic carbocycles. The number of benzene rings is 2. The second-order valence-electron chi connectivity index (χ2n) is 7.49. The van der Waals surface area contributed by atoms with Crippen molar-refractivity contribution in [1.29, 1.82) is 0 Å². The van der Waals surface area contributed by atoms with Crippen LogP contribution in [0.4, 0.5) is 5.69 Å². The maximum absolute atomic E-state index is 12.3. The third-order valence-corrected chi connectivity index (χ3v) is 5.29. The number of phenols is 1. The summed E-state index contributed by atoms with van der Waals surface area (Å²) in [6.45, 7) is 6.94. The number of aliphatic imine (C=N–C) groups is 1. The Balaban J connectivity index is 1.60. The number of aromatic hydroxyl groups is 1. The summed E-state index contributed by atoms with van der Waals surface area (Å²) in [5, 5.41) is 15.5. The van der Waals surface area contributed by atoms with Gasteiger partial charge in [0.05, 0.1) is 0 Å². The van der Waals surface area contributed by atoms with Crippen LogP contribution in [0.25, 0.3) is 0 Å². The fraction of sp³-hybridized carbons (Fsp3) is 0.391. The first-order valence-corrected chi connectivity index (χ1v) is 10.2. The van der Waals surface area contributed by atoms with Gasteiger partial charge >= 0.3 is 0 Å². The molecule has 0 aromatic heterocycles. The van der Waals surface area contributed by atoms with E-state index < -0.39 is 0 Å². The zero-order valence-corrected chi connectivity index (χ0v) is 17.1. The largest absolute Gasteiger partial charge is 0.508 e. The van der Waals surface area contributed by atoms with Crippen LogP contribution in [-0.2, 0) is 4.79 Å². The maximum atomic E-state index is 12.3. The topological polar surface area (TPSA) is 77.0 Å². The summed E-state index contributed by atoms with van der Waals surface area (Å²) in [6.07, 6.45) is 1.06. The second-order valence-corrected chi connectivity index (χ2v) is 7.49. The minimum absolute atomic E-state index is 0.0518. The zero-order valence-electron chi connectivity index (χ0n) is 17.1. The van der Waals surface area contributed by atoms with Gasteiger partial charge in [-0.05, 0) is 55.0 Å². The van der Waals surface area contributed by atoms with Gasteiger partial charge in [0, 0.05) is 25.3 Å². The van der Waals surface area contributed by atoms with Gasteiger partial charge in [-0.3, -0.25) is 4.79 Å². The number of guanidine groups is 1. The Morgan fingerprint density at radius 3 is 2.55 bits per heavy atom. The summed E-state index contributed by atoms with van der Waals surface area (Å²) in [6, 6.07) is 17.1. The van der Waals surface area contributed by atoms with E-state index in [1.54, 1.807) is 24.3 Å². The molecule has 1 amide bonds. The highest BCUT2D eigenvalue weighted by Crippen LogP contribution is 2.32. The molecule has 6 heteroatoms. The third kappa shape index (κ3) is 5.73. The number of carbonyl (C=O) groups excluding carboxylic acids is 1. The quantitative estimate of drug-likeness (QED) is 0.413. The van der Waals surface area contributed by atoms with Gasteiger partial charge in [0.15, 0.2) is 5.96 Å². The van der Waals surface area contributed by atoms with Crippen LogP contribution < -0.4 is 10.6 Å². The molecule has 2 aromatic rings. The number of likely N-dealkylation sites (tertiary alicyclic amines) is 1. The molecule has 0 saturated carbocycles. The van der Waals surface area contributed by atoms with Crippen LogP contribution in [0.2, 0.25) is 0 Å². The molecule has 1 aliphatic heterocycles. The fourth-order valence-electron chi connectivity index (χ4n) is 3.85. The Hall–Kier alpha value is -3.02. The maximum Gasteiger partial charge on any atom is 0.246 e. The average Bonchev–Trinajstić information content (AvgIpc) is 2.73. The Morgan fingerprint density at radius 1 is 1.17 bits per heavy atom. The molecule has 1 aliphatic rings. The Kier molecular flexibility index (Phi) is 7.11. The van der Waals surface area contributed by atoms with Crippen LogP contribution in [0.3, 0.4) is 0 Å². The number of hydrogen-bond acceptors (Lipinski definition) is 3. The minimum Gasteiger partial charge on any atom is -0.508 e. The van der Waals surface area contributed by atoms with Crippen molar-refractivity contribution in [2.75, 3.05) is 31.5 Å². The highest BCUT2D eigenvalue weighted by atomic mass is 16.3. The summed E-state index contributed by atoms with van der Waals surface area (Å²) in [5.41, 5.74) is 2.04. The summed E-state index contributed by atoms with van der Waals surface area (Å²) in [5.74, 6) is 1.82. The number of phenolic OH excluding ortho intramolecular Hbond substituents is 1. The van der Waals surface area contributed by atoms with E-state index in [0.717, 1.165) is 32.0 Å². The number of nitrogens with zero attached hydrogens (tertiary/aromatic N) is 2. The van der Waals surface area contributed by atoms with E-state index >= 15 is 0 Å². The van der Waals surface area contributed by atoms with E-state index in [-0.39, 0.29) is 18.2 Å². The first-order valence-electron chi connectivity index (χ1n) is 10.2. The van der Waals surface area contributed by atoms with E-state index in [1.807, 2.05) is 6.92 Å². The summed E-state index contributed by atoms with van der Waals surface area (Å²) >= 11 is 0. The van der Waals surface area contributed by atoms with E-state index in [4.69, 9.17) is 0 Å². The van der Waals surface area contributed by atoms with E-state index in [1.165, 1.54) is 5.56 Å². The number of nitrogens with one attached hydrogen (secondary N) is 2. The van der Waals surface area contributed by atoms with E-state index in [0.29, 0.717) is 17.5 Å². The van der Waals surface area contributed by atoms with Crippen LogP contribution in [0.1, 0.15) is 31.7 Å².